The molecule has 25 heavy (non-hydrogen) atoms. The molecule has 3 rings (SSSR count). The molecule has 3 aromatic carbocycles. The van der Waals surface area contributed by atoms with Crippen LogP contribution in [0, 0.1) is 0 Å². The average molecular weight is 350 g/mol. The van der Waals surface area contributed by atoms with Gasteiger partial charge in [0.1, 0.15) is 11.5 Å². The zero-order valence-corrected chi connectivity index (χ0v) is 15.6. The third kappa shape index (κ3) is 4.84. The Balaban J connectivity index is 1.81. The SMILES string of the molecule is CCc1ccc(OP(Oc2ccc(CC)cc2)c2ccccc2)cc1. The Morgan fingerprint density at radius 2 is 1.04 bits per heavy atom. The lowest BCUT2D eigenvalue weighted by Gasteiger charge is -2.19. The van der Waals surface area contributed by atoms with Gasteiger partial charge in [-0.2, -0.15) is 0 Å². The summed E-state index contributed by atoms with van der Waals surface area (Å²) in [5, 5.41) is 1.05. The second kappa shape index (κ2) is 8.69. The molecule has 0 saturated carbocycles. The first-order chi connectivity index (χ1) is 12.3. The lowest BCUT2D eigenvalue weighted by Crippen LogP contribution is -2.09. The highest BCUT2D eigenvalue weighted by Gasteiger charge is 2.18. The summed E-state index contributed by atoms with van der Waals surface area (Å²) in [6, 6.07) is 26.6. The number of aryl methyl sites for hydroxylation is 2. The number of rotatable bonds is 7. The molecule has 3 heteroatoms. The molecule has 0 fully saturated rings. The molecule has 3 aromatic rings. The lowest BCUT2D eigenvalue weighted by molar-refractivity contribution is 0.501. The van der Waals surface area contributed by atoms with Gasteiger partial charge >= 0.3 is 8.38 Å². The van der Waals surface area contributed by atoms with Crippen LogP contribution in [0.1, 0.15) is 25.0 Å². The Hall–Kier alpha value is -2.31. The van der Waals surface area contributed by atoms with Gasteiger partial charge in [0, 0.05) is 0 Å². The van der Waals surface area contributed by atoms with Crippen LogP contribution in [-0.2, 0) is 12.8 Å². The zero-order chi connectivity index (χ0) is 17.5. The molecule has 0 saturated heterocycles. The van der Waals surface area contributed by atoms with E-state index >= 15 is 0 Å². The van der Waals surface area contributed by atoms with Crippen molar-refractivity contribution in [2.75, 3.05) is 0 Å². The van der Waals surface area contributed by atoms with E-state index in [2.05, 4.69) is 38.1 Å². The molecule has 0 bridgehead atoms. The summed E-state index contributed by atoms with van der Waals surface area (Å²) in [4.78, 5) is 0. The number of hydrogen-bond donors (Lipinski definition) is 0. The summed E-state index contributed by atoms with van der Waals surface area (Å²) in [5.41, 5.74) is 2.60. The standard InChI is InChI=1S/C22H23O2P/c1-3-18-10-14-20(15-11-18)23-25(22-8-6-5-7-9-22)24-21-16-12-19(4-2)13-17-21/h5-17H,3-4H2,1-2H3. The van der Waals surface area contributed by atoms with Crippen molar-refractivity contribution in [1.82, 2.24) is 0 Å². The highest BCUT2D eigenvalue weighted by Crippen LogP contribution is 2.39. The van der Waals surface area contributed by atoms with E-state index in [1.165, 1.54) is 11.1 Å². The maximum absolute atomic E-state index is 6.20. The van der Waals surface area contributed by atoms with Gasteiger partial charge in [-0.1, -0.05) is 56.3 Å². The number of hydrogen-bond acceptors (Lipinski definition) is 2. The van der Waals surface area contributed by atoms with Crippen molar-refractivity contribution in [2.24, 2.45) is 0 Å². The summed E-state index contributed by atoms with van der Waals surface area (Å²) < 4.78 is 12.4. The molecule has 0 unspecified atom stereocenters. The highest BCUT2D eigenvalue weighted by atomic mass is 31.2. The minimum Gasteiger partial charge on any atom is -0.435 e. The molecular formula is C22H23O2P. The topological polar surface area (TPSA) is 18.5 Å². The quantitative estimate of drug-likeness (QED) is 0.493. The molecule has 0 N–H and O–H groups in total. The summed E-state index contributed by atoms with van der Waals surface area (Å²) in [5.74, 6) is 1.66. The van der Waals surface area contributed by atoms with Crippen molar-refractivity contribution in [1.29, 1.82) is 0 Å². The Labute approximate surface area is 151 Å². The first-order valence-electron chi connectivity index (χ1n) is 8.67. The Morgan fingerprint density at radius 1 is 0.600 bits per heavy atom. The van der Waals surface area contributed by atoms with Crippen LogP contribution in [0.25, 0.3) is 0 Å². The molecule has 128 valence electrons. The maximum atomic E-state index is 6.20. The van der Waals surface area contributed by atoms with Crippen LogP contribution >= 0.6 is 8.38 Å². The van der Waals surface area contributed by atoms with E-state index in [9.17, 15) is 0 Å². The van der Waals surface area contributed by atoms with Gasteiger partial charge in [-0.05, 0) is 60.4 Å². The first-order valence-corrected chi connectivity index (χ1v) is 9.85. The van der Waals surface area contributed by atoms with E-state index in [-0.39, 0.29) is 0 Å². The smallest absolute Gasteiger partial charge is 0.326 e. The third-order valence-electron chi connectivity index (χ3n) is 4.01. The van der Waals surface area contributed by atoms with Crippen LogP contribution in [0.3, 0.4) is 0 Å². The van der Waals surface area contributed by atoms with Gasteiger partial charge in [-0.3, -0.25) is 0 Å². The second-order valence-electron chi connectivity index (χ2n) is 5.77. The van der Waals surface area contributed by atoms with Crippen molar-refractivity contribution in [2.45, 2.75) is 26.7 Å². The summed E-state index contributed by atoms with van der Waals surface area (Å²) in [6.07, 6.45) is 2.04. The fourth-order valence-electron chi connectivity index (χ4n) is 2.44. The summed E-state index contributed by atoms with van der Waals surface area (Å²) in [7, 11) is -1.24. The molecule has 0 amide bonds. The molecule has 0 aromatic heterocycles. The van der Waals surface area contributed by atoms with Crippen LogP contribution in [0.4, 0.5) is 0 Å². The van der Waals surface area contributed by atoms with E-state index in [0.717, 1.165) is 29.6 Å². The van der Waals surface area contributed by atoms with Crippen LogP contribution in [-0.4, -0.2) is 0 Å². The van der Waals surface area contributed by atoms with Gasteiger partial charge in [0.25, 0.3) is 0 Å². The third-order valence-corrected chi connectivity index (χ3v) is 5.48. The fraction of sp³-hybridized carbons (Fsp3) is 0.182. The van der Waals surface area contributed by atoms with Crippen molar-refractivity contribution in [3.8, 4) is 11.5 Å². The van der Waals surface area contributed by atoms with E-state index in [4.69, 9.17) is 9.05 Å². The predicted octanol–water partition coefficient (Wildman–Crippen LogP) is 5.91. The summed E-state index contributed by atoms with van der Waals surface area (Å²) in [6.45, 7) is 4.30. The van der Waals surface area contributed by atoms with Crippen LogP contribution in [0.15, 0.2) is 78.9 Å². The Morgan fingerprint density at radius 3 is 1.44 bits per heavy atom. The molecule has 0 aliphatic heterocycles. The minimum atomic E-state index is -1.24. The van der Waals surface area contributed by atoms with Gasteiger partial charge in [-0.25, -0.2) is 0 Å². The molecular weight excluding hydrogens is 327 g/mol. The lowest BCUT2D eigenvalue weighted by atomic mass is 10.2. The molecule has 0 aliphatic rings. The van der Waals surface area contributed by atoms with Gasteiger partial charge in [0.2, 0.25) is 0 Å². The summed E-state index contributed by atoms with van der Waals surface area (Å²) >= 11 is 0. The van der Waals surface area contributed by atoms with Crippen LogP contribution in [0.5, 0.6) is 11.5 Å². The van der Waals surface area contributed by atoms with Crippen molar-refractivity contribution in [3.63, 3.8) is 0 Å². The second-order valence-corrected chi connectivity index (χ2v) is 7.17. The van der Waals surface area contributed by atoms with Crippen molar-refractivity contribution >= 4 is 13.7 Å². The van der Waals surface area contributed by atoms with Crippen molar-refractivity contribution < 1.29 is 9.05 Å². The maximum Gasteiger partial charge on any atom is 0.326 e. The molecule has 0 radical (unpaired) electrons. The minimum absolute atomic E-state index is 0.831. The van der Waals surface area contributed by atoms with Gasteiger partial charge < -0.3 is 9.05 Å². The highest BCUT2D eigenvalue weighted by molar-refractivity contribution is 7.56. The average Bonchev–Trinajstić information content (AvgIpc) is 2.69. The zero-order valence-electron chi connectivity index (χ0n) is 14.7. The van der Waals surface area contributed by atoms with Crippen LogP contribution in [0.2, 0.25) is 0 Å². The van der Waals surface area contributed by atoms with Crippen LogP contribution < -0.4 is 14.4 Å². The molecule has 0 spiro atoms. The Bertz CT molecular complexity index is 718. The molecule has 2 nitrogen and oxygen atoms in total. The van der Waals surface area contributed by atoms with Gasteiger partial charge in [0.15, 0.2) is 0 Å². The molecule has 0 aliphatic carbocycles. The normalized spacial score (nSPS) is 10.7. The predicted molar refractivity (Wildman–Crippen MR) is 106 cm³/mol. The fourth-order valence-corrected chi connectivity index (χ4v) is 3.73. The largest absolute Gasteiger partial charge is 0.435 e. The van der Waals surface area contributed by atoms with E-state index in [0.29, 0.717) is 0 Å². The van der Waals surface area contributed by atoms with E-state index in [1.807, 2.05) is 54.6 Å². The molecule has 0 heterocycles. The van der Waals surface area contributed by atoms with Gasteiger partial charge in [-0.15, -0.1) is 0 Å². The monoisotopic (exact) mass is 350 g/mol. The Kier molecular flexibility index (Phi) is 6.09. The first kappa shape index (κ1) is 17.5. The van der Waals surface area contributed by atoms with Crippen molar-refractivity contribution in [3.05, 3.63) is 90.0 Å². The van der Waals surface area contributed by atoms with Gasteiger partial charge in [0.05, 0.1) is 5.30 Å². The van der Waals surface area contributed by atoms with E-state index in [1.54, 1.807) is 0 Å². The number of benzene rings is 3. The van der Waals surface area contributed by atoms with E-state index < -0.39 is 8.38 Å². The molecule has 0 atom stereocenters.